The molecule has 4 heteroatoms. The Labute approximate surface area is 184 Å². The molecule has 0 amide bonds. The molecule has 0 radical (unpaired) electrons. The number of hydrogen-bond acceptors (Lipinski definition) is 2. The number of quaternary nitrogens is 1. The molecule has 0 spiro atoms. The van der Waals surface area contributed by atoms with E-state index in [1.54, 1.807) is 0 Å². The van der Waals surface area contributed by atoms with Crippen LogP contribution in [0.5, 0.6) is 0 Å². The fourth-order valence-corrected chi connectivity index (χ4v) is 6.19. The van der Waals surface area contributed by atoms with Gasteiger partial charge in [-0.05, 0) is 24.5 Å². The van der Waals surface area contributed by atoms with Crippen molar-refractivity contribution in [1.82, 2.24) is 0 Å². The molecule has 2 bridgehead atoms. The van der Waals surface area contributed by atoms with Gasteiger partial charge in [-0.15, -0.1) is 0 Å². The van der Waals surface area contributed by atoms with Gasteiger partial charge in [0, 0.05) is 24.7 Å². The molecule has 3 nitrogen and oxygen atoms in total. The van der Waals surface area contributed by atoms with Crippen LogP contribution in [0, 0.1) is 11.8 Å². The van der Waals surface area contributed by atoms with Gasteiger partial charge >= 0.3 is 5.97 Å². The third-order valence-corrected chi connectivity index (χ3v) is 7.98. The van der Waals surface area contributed by atoms with Crippen molar-refractivity contribution in [2.75, 3.05) is 14.1 Å². The highest BCUT2D eigenvalue weighted by atomic mass is 79.9. The first-order valence-electron chi connectivity index (χ1n) is 10.6. The van der Waals surface area contributed by atoms with Crippen molar-refractivity contribution in [2.24, 2.45) is 11.8 Å². The highest BCUT2D eigenvalue weighted by molar-refractivity contribution is 5.87. The average Bonchev–Trinajstić information content (AvgIpc) is 3.47. The molecule has 154 valence electrons. The van der Waals surface area contributed by atoms with Crippen molar-refractivity contribution in [3.05, 3.63) is 71.8 Å². The summed E-state index contributed by atoms with van der Waals surface area (Å²) in [5.74, 6) is 1.60. The second-order valence-corrected chi connectivity index (χ2v) is 9.68. The Hall–Kier alpha value is -1.65. The zero-order valence-corrected chi connectivity index (χ0v) is 19.0. The Kier molecular flexibility index (Phi) is 5.15. The van der Waals surface area contributed by atoms with Crippen LogP contribution >= 0.6 is 0 Å². The van der Waals surface area contributed by atoms with Gasteiger partial charge < -0.3 is 26.2 Å². The van der Waals surface area contributed by atoms with Crippen LogP contribution in [0.1, 0.15) is 37.3 Å². The highest BCUT2D eigenvalue weighted by Gasteiger charge is 2.68. The van der Waals surface area contributed by atoms with Crippen LogP contribution in [0.3, 0.4) is 0 Å². The first kappa shape index (κ1) is 20.6. The summed E-state index contributed by atoms with van der Waals surface area (Å²) < 4.78 is 7.38. The Bertz CT molecular complexity index is 823. The quantitative estimate of drug-likeness (QED) is 0.510. The van der Waals surface area contributed by atoms with E-state index in [0.29, 0.717) is 12.1 Å². The summed E-state index contributed by atoms with van der Waals surface area (Å²) in [6, 6.07) is 21.4. The molecule has 2 aliphatic heterocycles. The van der Waals surface area contributed by atoms with Crippen molar-refractivity contribution >= 4 is 5.97 Å². The zero-order chi connectivity index (χ0) is 19.5. The number of carbonyl (C=O) groups is 1. The third-order valence-electron chi connectivity index (χ3n) is 7.98. The van der Waals surface area contributed by atoms with E-state index in [-0.39, 0.29) is 29.1 Å². The molecule has 5 rings (SSSR count). The molecule has 3 aliphatic rings. The standard InChI is InChI=1S/C25H30NO2.BrH/c1-25(17-10-6-4-7-11-17,18-12-8-5-9-13-18)24(27)28-19-14-22-20-16-21(20)23(15-19)26(22,2)3;/h4-13,19-23H,14-16H2,1-3H3;1H/q+1;/p-1/t19?,20-,21?,22-,23?;/m0./s1. The number of hydrogen-bond donors (Lipinski definition) is 0. The molecule has 1 aliphatic carbocycles. The number of benzene rings is 2. The summed E-state index contributed by atoms with van der Waals surface area (Å²) in [6.07, 6.45) is 3.46. The smallest absolute Gasteiger partial charge is 0.321 e. The molecule has 3 fully saturated rings. The predicted octanol–water partition coefficient (Wildman–Crippen LogP) is 1.17. The minimum absolute atomic E-state index is 0. The van der Waals surface area contributed by atoms with Crippen LogP contribution in [0.25, 0.3) is 0 Å². The SMILES string of the molecule is CC(C(=O)OC1CC2C3C[C@@H]3[C@H](C1)[N+]2(C)C)(c1ccccc1)c1ccccc1.[Br-]. The average molecular weight is 456 g/mol. The van der Waals surface area contributed by atoms with E-state index in [2.05, 4.69) is 14.1 Å². The fourth-order valence-electron chi connectivity index (χ4n) is 6.19. The van der Waals surface area contributed by atoms with Gasteiger partial charge in [-0.3, -0.25) is 4.79 Å². The van der Waals surface area contributed by atoms with E-state index >= 15 is 0 Å². The maximum absolute atomic E-state index is 13.6. The lowest BCUT2D eigenvalue weighted by molar-refractivity contribution is -0.937. The molecule has 0 N–H and O–H groups in total. The Morgan fingerprint density at radius 2 is 1.31 bits per heavy atom. The molecule has 0 aromatic heterocycles. The lowest BCUT2D eigenvalue weighted by Crippen LogP contribution is -3.00. The molecular formula is C25H30BrNO2. The van der Waals surface area contributed by atoms with E-state index in [1.165, 1.54) is 6.42 Å². The van der Waals surface area contributed by atoms with E-state index in [1.807, 2.05) is 67.6 Å². The normalized spacial score (nSPS) is 31.3. The molecule has 1 saturated carbocycles. The number of halogens is 1. The van der Waals surface area contributed by atoms with Crippen LogP contribution in [-0.4, -0.2) is 42.7 Å². The number of ether oxygens (including phenoxy) is 1. The minimum atomic E-state index is -0.785. The van der Waals surface area contributed by atoms with Crippen LogP contribution in [0.15, 0.2) is 60.7 Å². The number of piperidine rings is 2. The van der Waals surface area contributed by atoms with Gasteiger partial charge in [0.25, 0.3) is 0 Å². The predicted molar refractivity (Wildman–Crippen MR) is 110 cm³/mol. The largest absolute Gasteiger partial charge is 1.00 e. The molecular weight excluding hydrogens is 426 g/mol. The number of rotatable bonds is 4. The first-order chi connectivity index (χ1) is 13.4. The van der Waals surface area contributed by atoms with Gasteiger partial charge in [0.2, 0.25) is 0 Å². The van der Waals surface area contributed by atoms with E-state index in [9.17, 15) is 4.79 Å². The number of carbonyl (C=O) groups excluding carboxylic acids is 1. The van der Waals surface area contributed by atoms with Crippen molar-refractivity contribution < 1.29 is 31.0 Å². The van der Waals surface area contributed by atoms with Crippen molar-refractivity contribution in [3.8, 4) is 0 Å². The zero-order valence-electron chi connectivity index (χ0n) is 17.4. The van der Waals surface area contributed by atoms with Crippen molar-refractivity contribution in [3.63, 3.8) is 0 Å². The second-order valence-electron chi connectivity index (χ2n) is 9.68. The molecule has 29 heavy (non-hydrogen) atoms. The molecule has 2 aromatic carbocycles. The summed E-state index contributed by atoms with van der Waals surface area (Å²) in [6.45, 7) is 2.01. The van der Waals surface area contributed by atoms with E-state index < -0.39 is 5.41 Å². The summed E-state index contributed by atoms with van der Waals surface area (Å²) in [4.78, 5) is 13.6. The van der Waals surface area contributed by atoms with Crippen LogP contribution in [-0.2, 0) is 14.9 Å². The maximum Gasteiger partial charge on any atom is 0.321 e. The maximum atomic E-state index is 13.6. The van der Waals surface area contributed by atoms with Gasteiger partial charge in [-0.1, -0.05) is 60.7 Å². The van der Waals surface area contributed by atoms with Gasteiger partial charge in [0.1, 0.15) is 11.5 Å². The fraction of sp³-hybridized carbons (Fsp3) is 0.480. The summed E-state index contributed by atoms with van der Waals surface area (Å²) in [5.41, 5.74) is 1.19. The molecule has 5 atom stereocenters. The van der Waals surface area contributed by atoms with Crippen molar-refractivity contribution in [2.45, 2.75) is 49.8 Å². The number of nitrogens with zero attached hydrogens (tertiary/aromatic N) is 1. The molecule has 2 heterocycles. The molecule has 2 aromatic rings. The second kappa shape index (κ2) is 7.24. The summed E-state index contributed by atoms with van der Waals surface area (Å²) in [7, 11) is 4.75. The minimum Gasteiger partial charge on any atom is -1.00 e. The van der Waals surface area contributed by atoms with Gasteiger partial charge in [-0.2, -0.15) is 0 Å². The van der Waals surface area contributed by atoms with Crippen LogP contribution < -0.4 is 17.0 Å². The Morgan fingerprint density at radius 1 is 0.862 bits per heavy atom. The lowest BCUT2D eigenvalue weighted by atomic mass is 9.76. The van der Waals surface area contributed by atoms with Gasteiger partial charge in [0.15, 0.2) is 0 Å². The van der Waals surface area contributed by atoms with E-state index in [4.69, 9.17) is 4.74 Å². The van der Waals surface area contributed by atoms with Crippen molar-refractivity contribution in [1.29, 1.82) is 0 Å². The lowest BCUT2D eigenvalue weighted by Gasteiger charge is -2.46. The molecule has 2 saturated heterocycles. The summed E-state index contributed by atoms with van der Waals surface area (Å²) >= 11 is 0. The van der Waals surface area contributed by atoms with Gasteiger partial charge in [-0.25, -0.2) is 0 Å². The van der Waals surface area contributed by atoms with Crippen LogP contribution in [0.2, 0.25) is 0 Å². The van der Waals surface area contributed by atoms with E-state index in [0.717, 1.165) is 40.3 Å². The summed E-state index contributed by atoms with van der Waals surface area (Å²) in [5, 5.41) is 0. The Balaban J connectivity index is 0.00000205. The molecule has 3 unspecified atom stereocenters. The third kappa shape index (κ3) is 3.16. The topological polar surface area (TPSA) is 26.3 Å². The highest BCUT2D eigenvalue weighted by Crippen LogP contribution is 2.61. The Morgan fingerprint density at radius 3 is 1.76 bits per heavy atom. The van der Waals surface area contributed by atoms with Crippen LogP contribution in [0.4, 0.5) is 0 Å². The number of esters is 1. The number of fused-ring (bicyclic) bond motifs is 5. The first-order valence-corrected chi connectivity index (χ1v) is 10.6. The monoisotopic (exact) mass is 455 g/mol. The van der Waals surface area contributed by atoms with Gasteiger partial charge in [0.05, 0.1) is 26.2 Å².